The molecule has 0 spiro atoms. The zero-order valence-corrected chi connectivity index (χ0v) is 11.8. The molecule has 0 aromatic heterocycles. The number of carbonyl (C=O) groups excluding carboxylic acids is 1. The Kier molecular flexibility index (Phi) is 6.84. The summed E-state index contributed by atoms with van der Waals surface area (Å²) in [7, 11) is 0. The summed E-state index contributed by atoms with van der Waals surface area (Å²) in [4.78, 5) is 33.1. The largest absolute Gasteiger partial charge is 0.481 e. The number of hydrogen-bond donors (Lipinski definition) is 6. The van der Waals surface area contributed by atoms with Crippen molar-refractivity contribution < 1.29 is 54.5 Å². The van der Waals surface area contributed by atoms with Gasteiger partial charge in [0.2, 0.25) is 6.29 Å². The van der Waals surface area contributed by atoms with Crippen LogP contribution in [0.2, 0.25) is 0 Å². The summed E-state index contributed by atoms with van der Waals surface area (Å²) in [6.07, 6.45) is -9.84. The fourth-order valence-electron chi connectivity index (χ4n) is 2.00. The number of ether oxygens (including phenoxy) is 2. The number of carbonyl (C=O) groups is 3. The molecule has 23 heavy (non-hydrogen) atoms. The molecular weight excluding hydrogens is 320 g/mol. The van der Waals surface area contributed by atoms with Crippen LogP contribution in [0.15, 0.2) is 0 Å². The van der Waals surface area contributed by atoms with E-state index in [1.807, 2.05) is 0 Å². The zero-order valence-electron chi connectivity index (χ0n) is 11.8. The highest BCUT2D eigenvalue weighted by Crippen LogP contribution is 2.23. The van der Waals surface area contributed by atoms with Gasteiger partial charge in [0.25, 0.3) is 0 Å². The summed E-state index contributed by atoms with van der Waals surface area (Å²) in [5, 5.41) is 55.1. The third kappa shape index (κ3) is 5.11. The second kappa shape index (κ2) is 8.17. The highest BCUT2D eigenvalue weighted by atomic mass is 16.7. The number of rotatable bonds is 7. The molecule has 11 nitrogen and oxygen atoms in total. The van der Waals surface area contributed by atoms with Gasteiger partial charge in [-0.15, -0.1) is 0 Å². The van der Waals surface area contributed by atoms with E-state index < -0.39 is 74.0 Å². The van der Waals surface area contributed by atoms with Crippen molar-refractivity contribution in [1.29, 1.82) is 0 Å². The molecule has 0 aromatic rings. The highest BCUT2D eigenvalue weighted by molar-refractivity contribution is 5.82. The smallest absolute Gasteiger partial charge is 0.309 e. The maximum Gasteiger partial charge on any atom is 0.309 e. The molecule has 1 aliphatic heterocycles. The number of hydrogen-bond acceptors (Lipinski definition) is 9. The van der Waals surface area contributed by atoms with Gasteiger partial charge in [-0.25, -0.2) is 0 Å². The minimum atomic E-state index is -1.82. The van der Waals surface area contributed by atoms with Crippen LogP contribution in [0.3, 0.4) is 0 Å². The maximum atomic E-state index is 11.7. The molecule has 0 aromatic carbocycles. The fraction of sp³-hybridized carbons (Fsp3) is 0.750. The maximum absolute atomic E-state index is 11.7. The van der Waals surface area contributed by atoms with E-state index in [0.29, 0.717) is 0 Å². The average Bonchev–Trinajstić information content (AvgIpc) is 2.46. The number of aliphatic hydroxyl groups is 4. The van der Waals surface area contributed by atoms with Crippen LogP contribution in [0.5, 0.6) is 0 Å². The standard InChI is InChI=1S/C12H18O11/c13-3-5-8(17)9(18)10(19)12(22-5)23-7(16)2-4(11(20)21)1-6(14)15/h4-5,8-10,12-13,17-19H,1-3H2,(H,14,15)(H,20,21)/t4-,5-,8-,9+,10-,12?/m1/s1. The first-order valence-corrected chi connectivity index (χ1v) is 6.62. The van der Waals surface area contributed by atoms with Crippen LogP contribution in [0.4, 0.5) is 0 Å². The molecule has 132 valence electrons. The van der Waals surface area contributed by atoms with Gasteiger partial charge in [0, 0.05) is 0 Å². The minimum absolute atomic E-state index is 0.726. The van der Waals surface area contributed by atoms with E-state index in [1.54, 1.807) is 0 Å². The van der Waals surface area contributed by atoms with Gasteiger partial charge in [0.1, 0.15) is 24.4 Å². The number of carboxylic acid groups (broad SMARTS) is 2. The first-order valence-electron chi connectivity index (χ1n) is 6.62. The first-order chi connectivity index (χ1) is 10.7. The molecule has 1 heterocycles. The summed E-state index contributed by atoms with van der Waals surface area (Å²) in [5.41, 5.74) is 0. The van der Waals surface area contributed by atoms with Crippen LogP contribution in [0, 0.1) is 5.92 Å². The molecule has 6 atom stereocenters. The normalized spacial score (nSPS) is 32.1. The number of aliphatic carboxylic acids is 2. The van der Waals surface area contributed by atoms with Crippen molar-refractivity contribution in [3.63, 3.8) is 0 Å². The molecule has 1 aliphatic rings. The van der Waals surface area contributed by atoms with Crippen molar-refractivity contribution in [2.75, 3.05) is 6.61 Å². The Labute approximate surface area is 129 Å². The van der Waals surface area contributed by atoms with Crippen LogP contribution < -0.4 is 0 Å². The molecule has 11 heteroatoms. The summed E-state index contributed by atoms with van der Waals surface area (Å²) < 4.78 is 9.57. The molecule has 6 N–H and O–H groups in total. The predicted octanol–water partition coefficient (Wildman–Crippen LogP) is -3.10. The lowest BCUT2D eigenvalue weighted by Gasteiger charge is -2.39. The van der Waals surface area contributed by atoms with E-state index in [4.69, 9.17) is 20.1 Å². The molecule has 1 unspecified atom stereocenters. The van der Waals surface area contributed by atoms with Crippen LogP contribution in [-0.2, 0) is 23.9 Å². The van der Waals surface area contributed by atoms with Gasteiger partial charge in [-0.3, -0.25) is 14.4 Å². The third-order valence-electron chi connectivity index (χ3n) is 3.28. The van der Waals surface area contributed by atoms with Crippen molar-refractivity contribution in [1.82, 2.24) is 0 Å². The van der Waals surface area contributed by atoms with Crippen molar-refractivity contribution in [2.24, 2.45) is 5.92 Å². The Morgan fingerprint density at radius 1 is 1.00 bits per heavy atom. The van der Waals surface area contributed by atoms with Crippen LogP contribution in [-0.4, -0.2) is 85.9 Å². The topological polar surface area (TPSA) is 191 Å². The third-order valence-corrected chi connectivity index (χ3v) is 3.28. The van der Waals surface area contributed by atoms with E-state index in [2.05, 4.69) is 4.74 Å². The zero-order chi connectivity index (χ0) is 17.7. The van der Waals surface area contributed by atoms with Gasteiger partial charge >= 0.3 is 17.9 Å². The van der Waals surface area contributed by atoms with Gasteiger partial charge in [0.15, 0.2) is 0 Å². The van der Waals surface area contributed by atoms with E-state index in [9.17, 15) is 29.7 Å². The van der Waals surface area contributed by atoms with Gasteiger partial charge in [-0.2, -0.15) is 0 Å². The molecule has 1 fully saturated rings. The van der Waals surface area contributed by atoms with Gasteiger partial charge in [0.05, 0.1) is 25.4 Å². The van der Waals surface area contributed by atoms with Crippen molar-refractivity contribution >= 4 is 17.9 Å². The van der Waals surface area contributed by atoms with Crippen LogP contribution in [0.25, 0.3) is 0 Å². The molecule has 0 radical (unpaired) electrons. The van der Waals surface area contributed by atoms with E-state index in [-0.39, 0.29) is 0 Å². The summed E-state index contributed by atoms with van der Waals surface area (Å²) in [6.45, 7) is -0.726. The van der Waals surface area contributed by atoms with Crippen LogP contribution in [0.1, 0.15) is 12.8 Å². The summed E-state index contributed by atoms with van der Waals surface area (Å²) in [6, 6.07) is 0. The van der Waals surface area contributed by atoms with Gasteiger partial charge in [-0.1, -0.05) is 0 Å². The quantitative estimate of drug-likeness (QED) is 0.257. The molecule has 0 saturated carbocycles. The van der Waals surface area contributed by atoms with E-state index in [0.717, 1.165) is 0 Å². The lowest BCUT2D eigenvalue weighted by atomic mass is 9.99. The van der Waals surface area contributed by atoms with Gasteiger partial charge in [-0.05, 0) is 0 Å². The fourth-order valence-corrected chi connectivity index (χ4v) is 2.00. The monoisotopic (exact) mass is 338 g/mol. The minimum Gasteiger partial charge on any atom is -0.481 e. The number of carboxylic acids is 2. The Bertz CT molecular complexity index is 448. The van der Waals surface area contributed by atoms with E-state index >= 15 is 0 Å². The second-order valence-corrected chi connectivity index (χ2v) is 5.02. The number of aliphatic hydroxyl groups excluding tert-OH is 4. The molecule has 1 rings (SSSR count). The summed E-state index contributed by atoms with van der Waals surface area (Å²) in [5.74, 6) is -5.65. The SMILES string of the molecule is O=C(O)C[C@H](CC(=O)OC1O[C@H](CO)[C@@H](O)[C@H](O)[C@H]1O)C(=O)O. The summed E-state index contributed by atoms with van der Waals surface area (Å²) >= 11 is 0. The molecule has 1 saturated heterocycles. The number of esters is 1. The van der Waals surface area contributed by atoms with Crippen molar-refractivity contribution in [2.45, 2.75) is 43.5 Å². The van der Waals surface area contributed by atoms with Crippen molar-refractivity contribution in [3.05, 3.63) is 0 Å². The Morgan fingerprint density at radius 2 is 1.61 bits per heavy atom. The van der Waals surface area contributed by atoms with Crippen molar-refractivity contribution in [3.8, 4) is 0 Å². The predicted molar refractivity (Wildman–Crippen MR) is 67.9 cm³/mol. The second-order valence-electron chi connectivity index (χ2n) is 5.02. The Hall–Kier alpha value is -1.79. The molecule has 0 amide bonds. The van der Waals surface area contributed by atoms with Gasteiger partial charge < -0.3 is 40.1 Å². The van der Waals surface area contributed by atoms with Crippen LogP contribution >= 0.6 is 0 Å². The Balaban J connectivity index is 2.67. The Morgan fingerprint density at radius 3 is 2.09 bits per heavy atom. The first kappa shape index (κ1) is 19.3. The molecule has 0 aliphatic carbocycles. The lowest BCUT2D eigenvalue weighted by molar-refractivity contribution is -0.292. The average molecular weight is 338 g/mol. The highest BCUT2D eigenvalue weighted by Gasteiger charge is 2.45. The molecule has 0 bridgehead atoms. The molecular formula is C12H18O11. The lowest BCUT2D eigenvalue weighted by Crippen LogP contribution is -2.59. The van der Waals surface area contributed by atoms with E-state index in [1.165, 1.54) is 0 Å².